The van der Waals surface area contributed by atoms with E-state index in [1.807, 2.05) is 0 Å². The number of carbonyl (C=O) groups is 3. The second kappa shape index (κ2) is 9.88. The summed E-state index contributed by atoms with van der Waals surface area (Å²) in [5.41, 5.74) is 0.00853. The number of nitrogens with zero attached hydrogens (tertiary/aromatic N) is 3. The van der Waals surface area contributed by atoms with Gasteiger partial charge in [-0.05, 0) is 40.9 Å². The highest BCUT2D eigenvalue weighted by Crippen LogP contribution is 2.26. The number of aliphatic carboxylic acids is 1. The molecule has 11 heteroatoms. The molecule has 2 heterocycles. The van der Waals surface area contributed by atoms with Crippen molar-refractivity contribution in [3.63, 3.8) is 0 Å². The highest BCUT2D eigenvalue weighted by molar-refractivity contribution is 9.10. The lowest BCUT2D eigenvalue weighted by atomic mass is 9.94. The SMILES string of the molecule is O=C(O)CCC(=O)N1CCC[C@@H](O)[C@@H]1CC(=O)Cn1cnc2cc(Br)c(Cl)cc2c1=O. The van der Waals surface area contributed by atoms with Crippen molar-refractivity contribution in [2.24, 2.45) is 0 Å². The minimum Gasteiger partial charge on any atom is -0.481 e. The minimum absolute atomic E-state index is 0.147. The quantitative estimate of drug-likeness (QED) is 0.578. The molecule has 2 aromatic rings. The van der Waals surface area contributed by atoms with Crippen LogP contribution in [0.15, 0.2) is 27.7 Å². The first kappa shape index (κ1) is 23.4. The molecule has 0 spiro atoms. The third-order valence-electron chi connectivity index (χ3n) is 5.27. The van der Waals surface area contributed by atoms with Gasteiger partial charge in [-0.2, -0.15) is 0 Å². The Balaban J connectivity index is 1.75. The first-order valence-corrected chi connectivity index (χ1v) is 10.9. The number of carboxylic acids is 1. The average Bonchev–Trinajstić information content (AvgIpc) is 2.71. The number of likely N-dealkylation sites (tertiary alicyclic amines) is 1. The van der Waals surface area contributed by atoms with Crippen LogP contribution in [0.1, 0.15) is 32.1 Å². The molecular formula is C20H21BrClN3O6. The Hall–Kier alpha value is -2.30. The molecule has 0 aliphatic carbocycles. The summed E-state index contributed by atoms with van der Waals surface area (Å²) in [4.78, 5) is 54.2. The van der Waals surface area contributed by atoms with Gasteiger partial charge in [0.1, 0.15) is 0 Å². The highest BCUT2D eigenvalue weighted by atomic mass is 79.9. The third-order valence-corrected chi connectivity index (χ3v) is 6.46. The number of benzene rings is 1. The molecule has 0 radical (unpaired) electrons. The number of hydrogen-bond acceptors (Lipinski definition) is 6. The third kappa shape index (κ3) is 5.50. The predicted octanol–water partition coefficient (Wildman–Crippen LogP) is 1.99. The molecule has 31 heavy (non-hydrogen) atoms. The Kier molecular flexibility index (Phi) is 7.45. The van der Waals surface area contributed by atoms with Crippen LogP contribution in [-0.2, 0) is 20.9 Å². The maximum Gasteiger partial charge on any atom is 0.303 e. The van der Waals surface area contributed by atoms with E-state index in [-0.39, 0.29) is 37.0 Å². The Bertz CT molecular complexity index is 1090. The number of ketones is 1. The van der Waals surface area contributed by atoms with Crippen LogP contribution in [0.5, 0.6) is 0 Å². The first-order valence-electron chi connectivity index (χ1n) is 9.72. The first-order chi connectivity index (χ1) is 14.7. The van der Waals surface area contributed by atoms with Gasteiger partial charge in [-0.25, -0.2) is 4.98 Å². The number of aliphatic hydroxyl groups is 1. The summed E-state index contributed by atoms with van der Waals surface area (Å²) in [5, 5.41) is 19.8. The Morgan fingerprint density at radius 1 is 1.26 bits per heavy atom. The molecule has 1 aromatic carbocycles. The van der Waals surface area contributed by atoms with Gasteiger partial charge in [0.05, 0.1) is 47.4 Å². The zero-order valence-electron chi connectivity index (χ0n) is 16.5. The molecule has 1 aliphatic rings. The molecule has 0 unspecified atom stereocenters. The summed E-state index contributed by atoms with van der Waals surface area (Å²) in [6.07, 6.45) is 0.719. The summed E-state index contributed by atoms with van der Waals surface area (Å²) in [7, 11) is 0. The molecule has 1 amide bonds. The Labute approximate surface area is 190 Å². The van der Waals surface area contributed by atoms with Crippen molar-refractivity contribution in [3.05, 3.63) is 38.3 Å². The van der Waals surface area contributed by atoms with E-state index in [1.54, 1.807) is 6.07 Å². The van der Waals surface area contributed by atoms with Crippen LogP contribution in [0.2, 0.25) is 5.02 Å². The zero-order valence-corrected chi connectivity index (χ0v) is 18.8. The molecule has 2 N–H and O–H groups in total. The maximum atomic E-state index is 12.7. The van der Waals surface area contributed by atoms with Crippen molar-refractivity contribution >= 4 is 56.1 Å². The van der Waals surface area contributed by atoms with E-state index in [2.05, 4.69) is 20.9 Å². The lowest BCUT2D eigenvalue weighted by Crippen LogP contribution is -2.52. The fraction of sp³-hybridized carbons (Fsp3) is 0.450. The van der Waals surface area contributed by atoms with E-state index >= 15 is 0 Å². The molecular weight excluding hydrogens is 494 g/mol. The van der Waals surface area contributed by atoms with E-state index in [4.69, 9.17) is 16.7 Å². The van der Waals surface area contributed by atoms with E-state index in [0.717, 1.165) is 0 Å². The van der Waals surface area contributed by atoms with Crippen molar-refractivity contribution in [2.45, 2.75) is 50.8 Å². The molecule has 166 valence electrons. The van der Waals surface area contributed by atoms with Crippen LogP contribution in [0.4, 0.5) is 0 Å². The Morgan fingerprint density at radius 2 is 2.00 bits per heavy atom. The number of aromatic nitrogens is 2. The number of halogens is 2. The fourth-order valence-corrected chi connectivity index (χ4v) is 4.20. The maximum absolute atomic E-state index is 12.7. The standard InChI is InChI=1S/C20H21BrClN3O6/c21-13-8-15-12(7-14(13)22)20(31)24(10-23-15)9-11(26)6-16-17(27)2-1-5-25(16)18(28)3-4-19(29)30/h7-8,10,16-17,27H,1-6,9H2,(H,29,30)/t16-,17+/m0/s1. The van der Waals surface area contributed by atoms with Crippen LogP contribution in [0.3, 0.4) is 0 Å². The number of carbonyl (C=O) groups excluding carboxylic acids is 2. The van der Waals surface area contributed by atoms with Gasteiger partial charge in [0.25, 0.3) is 5.56 Å². The Morgan fingerprint density at radius 3 is 2.71 bits per heavy atom. The number of Topliss-reactive ketones (excluding diaryl/α,β-unsaturated/α-hetero) is 1. The predicted molar refractivity (Wildman–Crippen MR) is 116 cm³/mol. The van der Waals surface area contributed by atoms with Crippen LogP contribution in [0.25, 0.3) is 10.9 Å². The second-order valence-corrected chi connectivity index (χ2v) is 8.72. The summed E-state index contributed by atoms with van der Waals surface area (Å²) in [6.45, 7) is 0.0775. The largest absolute Gasteiger partial charge is 0.481 e. The normalized spacial score (nSPS) is 18.9. The minimum atomic E-state index is -1.09. The molecule has 3 rings (SSSR count). The molecule has 1 aliphatic heterocycles. The van der Waals surface area contributed by atoms with Crippen LogP contribution >= 0.6 is 27.5 Å². The summed E-state index contributed by atoms with van der Waals surface area (Å²) in [6, 6.07) is 2.34. The summed E-state index contributed by atoms with van der Waals surface area (Å²) in [5.74, 6) is -1.86. The molecule has 2 atom stereocenters. The van der Waals surface area contributed by atoms with Gasteiger partial charge in [-0.1, -0.05) is 11.6 Å². The summed E-state index contributed by atoms with van der Waals surface area (Å²) < 4.78 is 1.77. The smallest absolute Gasteiger partial charge is 0.303 e. The van der Waals surface area contributed by atoms with Crippen LogP contribution in [0, 0.1) is 0 Å². The van der Waals surface area contributed by atoms with Gasteiger partial charge in [0.2, 0.25) is 5.91 Å². The number of hydrogen-bond donors (Lipinski definition) is 2. The molecule has 1 saturated heterocycles. The van der Waals surface area contributed by atoms with E-state index in [1.165, 1.54) is 21.9 Å². The number of rotatable bonds is 7. The van der Waals surface area contributed by atoms with E-state index in [9.17, 15) is 24.3 Å². The lowest BCUT2D eigenvalue weighted by molar-refractivity contribution is -0.145. The van der Waals surface area contributed by atoms with Crippen molar-refractivity contribution in [2.75, 3.05) is 6.54 Å². The second-order valence-electron chi connectivity index (χ2n) is 7.46. The van der Waals surface area contributed by atoms with E-state index in [0.29, 0.717) is 34.4 Å². The highest BCUT2D eigenvalue weighted by Gasteiger charge is 2.34. The molecule has 1 fully saturated rings. The summed E-state index contributed by atoms with van der Waals surface area (Å²) >= 11 is 9.34. The molecule has 1 aromatic heterocycles. The van der Waals surface area contributed by atoms with Crippen molar-refractivity contribution in [3.8, 4) is 0 Å². The number of amides is 1. The van der Waals surface area contributed by atoms with Crippen LogP contribution in [-0.4, -0.2) is 61.0 Å². The van der Waals surface area contributed by atoms with Gasteiger partial charge in [-0.3, -0.25) is 23.7 Å². The van der Waals surface area contributed by atoms with Gasteiger partial charge in [0, 0.05) is 23.9 Å². The number of carboxylic acid groups (broad SMARTS) is 1. The van der Waals surface area contributed by atoms with Crippen molar-refractivity contribution < 1.29 is 24.6 Å². The van der Waals surface area contributed by atoms with Crippen LogP contribution < -0.4 is 5.56 Å². The zero-order chi connectivity index (χ0) is 22.7. The molecule has 0 bridgehead atoms. The van der Waals surface area contributed by atoms with E-state index < -0.39 is 29.6 Å². The monoisotopic (exact) mass is 513 g/mol. The number of piperidine rings is 1. The average molecular weight is 515 g/mol. The van der Waals surface area contributed by atoms with Gasteiger partial charge in [-0.15, -0.1) is 0 Å². The number of aliphatic hydroxyl groups excluding tert-OH is 1. The fourth-order valence-electron chi connectivity index (χ4n) is 3.70. The molecule has 0 saturated carbocycles. The number of fused-ring (bicyclic) bond motifs is 1. The van der Waals surface area contributed by atoms with Gasteiger partial charge >= 0.3 is 5.97 Å². The van der Waals surface area contributed by atoms with Crippen molar-refractivity contribution in [1.82, 2.24) is 14.5 Å². The van der Waals surface area contributed by atoms with Gasteiger partial charge in [0.15, 0.2) is 5.78 Å². The van der Waals surface area contributed by atoms with Gasteiger partial charge < -0.3 is 15.1 Å². The topological polar surface area (TPSA) is 130 Å². The molecule has 9 nitrogen and oxygen atoms in total. The lowest BCUT2D eigenvalue weighted by Gasteiger charge is -2.39. The van der Waals surface area contributed by atoms with Crippen molar-refractivity contribution in [1.29, 1.82) is 0 Å².